The van der Waals surface area contributed by atoms with Crippen LogP contribution in [0.5, 0.6) is 28.7 Å². The summed E-state index contributed by atoms with van der Waals surface area (Å²) in [5, 5.41) is 60.3. The van der Waals surface area contributed by atoms with E-state index in [1.807, 2.05) is 0 Å². The van der Waals surface area contributed by atoms with E-state index in [1.165, 1.54) is 13.0 Å². The van der Waals surface area contributed by atoms with Crippen molar-refractivity contribution in [1.29, 1.82) is 0 Å². The summed E-state index contributed by atoms with van der Waals surface area (Å²) < 4.78 is 21.9. The van der Waals surface area contributed by atoms with E-state index < -0.39 is 70.9 Å². The van der Waals surface area contributed by atoms with Gasteiger partial charge in [-0.3, -0.25) is 9.59 Å². The minimum absolute atomic E-state index is 0.0498. The second-order valence-electron chi connectivity index (χ2n) is 8.01. The lowest BCUT2D eigenvalue weighted by molar-refractivity contribution is -0.272. The molecule has 12 nitrogen and oxygen atoms in total. The molecule has 2 aromatic carbocycles. The molecule has 12 heteroatoms. The van der Waals surface area contributed by atoms with Gasteiger partial charge in [0.05, 0.1) is 6.10 Å². The molecule has 35 heavy (non-hydrogen) atoms. The number of hydrogen-bond acceptors (Lipinski definition) is 12. The van der Waals surface area contributed by atoms with Crippen LogP contribution in [0, 0.1) is 0 Å². The van der Waals surface area contributed by atoms with Gasteiger partial charge in [-0.2, -0.15) is 0 Å². The Morgan fingerprint density at radius 2 is 1.69 bits per heavy atom. The molecule has 186 valence electrons. The summed E-state index contributed by atoms with van der Waals surface area (Å²) in [7, 11) is 0. The van der Waals surface area contributed by atoms with Gasteiger partial charge in [-0.25, -0.2) is 0 Å². The van der Waals surface area contributed by atoms with Crippen LogP contribution in [0.4, 0.5) is 0 Å². The van der Waals surface area contributed by atoms with Crippen LogP contribution >= 0.6 is 0 Å². The van der Waals surface area contributed by atoms with Crippen molar-refractivity contribution < 1.29 is 54.1 Å². The lowest BCUT2D eigenvalue weighted by Gasteiger charge is -2.40. The van der Waals surface area contributed by atoms with Gasteiger partial charge in [-0.1, -0.05) is 0 Å². The minimum atomic E-state index is -1.78. The molecule has 1 saturated heterocycles. The zero-order valence-corrected chi connectivity index (χ0v) is 18.4. The van der Waals surface area contributed by atoms with Crippen molar-refractivity contribution in [3.05, 3.63) is 40.6 Å². The average molecular weight is 490 g/mol. The van der Waals surface area contributed by atoms with Gasteiger partial charge in [0.2, 0.25) is 17.5 Å². The summed E-state index contributed by atoms with van der Waals surface area (Å²) in [6, 6.07) is 5.48. The number of carbonyl (C=O) groups excluding carboxylic acids is 1. The van der Waals surface area contributed by atoms with Gasteiger partial charge in [0.25, 0.3) is 0 Å². The maximum atomic E-state index is 13.4. The third-order valence-corrected chi connectivity index (χ3v) is 5.47. The summed E-state index contributed by atoms with van der Waals surface area (Å²) in [5.74, 6) is -3.59. The molecule has 0 bridgehead atoms. The Morgan fingerprint density at radius 3 is 2.34 bits per heavy atom. The van der Waals surface area contributed by atoms with Crippen LogP contribution in [-0.2, 0) is 14.3 Å². The van der Waals surface area contributed by atoms with Gasteiger partial charge in [-0.15, -0.1) is 0 Å². The van der Waals surface area contributed by atoms with Gasteiger partial charge >= 0.3 is 5.97 Å². The highest BCUT2D eigenvalue weighted by atomic mass is 16.7. The fraction of sp³-hybridized carbons (Fsp3) is 0.304. The van der Waals surface area contributed by atoms with E-state index in [-0.39, 0.29) is 22.3 Å². The summed E-state index contributed by atoms with van der Waals surface area (Å²) in [6.45, 7) is 2.58. The molecule has 0 spiro atoms. The highest BCUT2D eigenvalue weighted by Gasteiger charge is 2.46. The smallest absolute Gasteiger partial charge is 0.303 e. The van der Waals surface area contributed by atoms with Crippen LogP contribution in [-0.4, -0.2) is 67.3 Å². The topological polar surface area (TPSA) is 196 Å². The monoisotopic (exact) mass is 490 g/mol. The SMILES string of the molecule is CC(=O)O[C@@H]1[C@@H](O)[C@H](O)[C@H](Oc2c(-c3ccc(O)c(O)c3)oc3cc(O)cc(O)c3c2=O)O[C@H]1C. The molecular weight excluding hydrogens is 468 g/mol. The first kappa shape index (κ1) is 24.1. The molecule has 3 aromatic rings. The number of phenolic OH excluding ortho intramolecular Hbond substituents is 4. The van der Waals surface area contributed by atoms with E-state index in [9.17, 15) is 40.2 Å². The van der Waals surface area contributed by atoms with Crippen LogP contribution in [0.25, 0.3) is 22.3 Å². The van der Waals surface area contributed by atoms with Crippen molar-refractivity contribution in [2.45, 2.75) is 44.6 Å². The Morgan fingerprint density at radius 1 is 0.971 bits per heavy atom. The number of esters is 1. The maximum Gasteiger partial charge on any atom is 0.303 e. The molecule has 0 unspecified atom stereocenters. The summed E-state index contributed by atoms with van der Waals surface area (Å²) in [6.07, 6.45) is -7.22. The number of phenols is 4. The zero-order chi connectivity index (χ0) is 25.6. The van der Waals surface area contributed by atoms with E-state index >= 15 is 0 Å². The number of benzene rings is 2. The Balaban J connectivity index is 1.84. The molecule has 0 saturated carbocycles. The van der Waals surface area contributed by atoms with Crippen LogP contribution in [0.3, 0.4) is 0 Å². The molecule has 1 aliphatic heterocycles. The Hall–Kier alpha value is -4.00. The third-order valence-electron chi connectivity index (χ3n) is 5.47. The highest BCUT2D eigenvalue weighted by molar-refractivity contribution is 5.88. The lowest BCUT2D eigenvalue weighted by atomic mass is 9.99. The molecule has 1 fully saturated rings. The fourth-order valence-electron chi connectivity index (χ4n) is 3.80. The Bertz CT molecular complexity index is 1350. The van der Waals surface area contributed by atoms with E-state index in [0.29, 0.717) is 0 Å². The molecular formula is C23H22O12. The number of carbonyl (C=O) groups is 1. The van der Waals surface area contributed by atoms with Crippen LogP contribution in [0.15, 0.2) is 39.5 Å². The second-order valence-corrected chi connectivity index (χ2v) is 8.01. The van der Waals surface area contributed by atoms with Gasteiger partial charge in [0, 0.05) is 24.6 Å². The van der Waals surface area contributed by atoms with Gasteiger partial charge < -0.3 is 49.3 Å². The quantitative estimate of drug-likeness (QED) is 0.225. The van der Waals surface area contributed by atoms with Gasteiger partial charge in [-0.05, 0) is 25.1 Å². The first-order valence-corrected chi connectivity index (χ1v) is 10.4. The molecule has 0 amide bonds. The number of aliphatic hydroxyl groups excluding tert-OH is 2. The van der Waals surface area contributed by atoms with Crippen LogP contribution in [0.1, 0.15) is 13.8 Å². The number of fused-ring (bicyclic) bond motifs is 1. The second kappa shape index (κ2) is 8.98. The van der Waals surface area contributed by atoms with E-state index in [4.69, 9.17) is 18.6 Å². The summed E-state index contributed by atoms with van der Waals surface area (Å²) >= 11 is 0. The molecule has 6 N–H and O–H groups in total. The standard InChI is InChI=1S/C23H22O12/c1-8-20(33-9(2)24)18(30)19(31)23(32-8)35-22-17(29)16-14(28)6-11(25)7-15(16)34-21(22)10-3-4-12(26)13(27)5-10/h3-8,18-20,23,25-28,30-31H,1-2H3/t8-,18-,19-,20-,23-/m0/s1. The van der Waals surface area contributed by atoms with Gasteiger partial charge in [0.15, 0.2) is 23.4 Å². The first-order chi connectivity index (χ1) is 16.5. The van der Waals surface area contributed by atoms with Crippen molar-refractivity contribution in [3.63, 3.8) is 0 Å². The molecule has 0 radical (unpaired) electrons. The molecule has 4 rings (SSSR count). The Kier molecular flexibility index (Phi) is 6.19. The van der Waals surface area contributed by atoms with Gasteiger partial charge in [0.1, 0.15) is 34.7 Å². The summed E-state index contributed by atoms with van der Waals surface area (Å²) in [5.41, 5.74) is -1.10. The van der Waals surface area contributed by atoms with Crippen LogP contribution in [0.2, 0.25) is 0 Å². The first-order valence-electron chi connectivity index (χ1n) is 10.4. The van der Waals surface area contributed by atoms with Crippen molar-refractivity contribution >= 4 is 16.9 Å². The predicted octanol–water partition coefficient (Wildman–Crippen LogP) is 1.06. The largest absolute Gasteiger partial charge is 0.508 e. The average Bonchev–Trinajstić information content (AvgIpc) is 2.77. The molecule has 1 aromatic heterocycles. The molecule has 5 atom stereocenters. The third kappa shape index (κ3) is 4.41. The number of hydrogen-bond donors (Lipinski definition) is 6. The maximum absolute atomic E-state index is 13.4. The highest BCUT2D eigenvalue weighted by Crippen LogP contribution is 2.39. The Labute approximate surface area is 196 Å². The lowest BCUT2D eigenvalue weighted by Crippen LogP contribution is -2.59. The summed E-state index contributed by atoms with van der Waals surface area (Å²) in [4.78, 5) is 24.7. The van der Waals surface area contributed by atoms with Crippen molar-refractivity contribution in [1.82, 2.24) is 0 Å². The fourth-order valence-corrected chi connectivity index (χ4v) is 3.80. The van der Waals surface area contributed by atoms with E-state index in [2.05, 4.69) is 0 Å². The molecule has 0 aliphatic carbocycles. The molecule has 1 aliphatic rings. The normalized spacial score (nSPS) is 24.3. The number of rotatable bonds is 4. The number of aliphatic hydroxyl groups is 2. The van der Waals surface area contributed by atoms with Crippen molar-refractivity contribution in [2.24, 2.45) is 0 Å². The zero-order valence-electron chi connectivity index (χ0n) is 18.4. The number of ether oxygens (including phenoxy) is 3. The minimum Gasteiger partial charge on any atom is -0.508 e. The van der Waals surface area contributed by atoms with E-state index in [0.717, 1.165) is 31.2 Å². The number of aromatic hydroxyl groups is 4. The van der Waals surface area contributed by atoms with Crippen molar-refractivity contribution in [2.75, 3.05) is 0 Å². The van der Waals surface area contributed by atoms with Crippen molar-refractivity contribution in [3.8, 4) is 40.1 Å². The van der Waals surface area contributed by atoms with E-state index in [1.54, 1.807) is 0 Å². The predicted molar refractivity (Wildman–Crippen MR) is 117 cm³/mol. The van der Waals surface area contributed by atoms with Crippen LogP contribution < -0.4 is 10.2 Å². The molecule has 2 heterocycles.